The lowest BCUT2D eigenvalue weighted by molar-refractivity contribution is 0.101. The fraction of sp³-hybridized carbons (Fsp3) is 0.143. The Hall–Kier alpha value is -2.03. The highest BCUT2D eigenvalue weighted by Crippen LogP contribution is 2.23. The van der Waals surface area contributed by atoms with E-state index in [-0.39, 0.29) is 11.6 Å². The van der Waals surface area contributed by atoms with Crippen molar-refractivity contribution in [2.24, 2.45) is 0 Å². The van der Waals surface area contributed by atoms with Crippen molar-refractivity contribution in [2.75, 3.05) is 0 Å². The van der Waals surface area contributed by atoms with Crippen LogP contribution in [-0.4, -0.2) is 10.8 Å². The molecule has 3 heteroatoms. The van der Waals surface area contributed by atoms with Crippen LogP contribution in [0.5, 0.6) is 0 Å². The minimum Gasteiger partial charge on any atom is -0.295 e. The molecule has 2 rings (SSSR count). The molecule has 1 aromatic carbocycles. The molecule has 2 nitrogen and oxygen atoms in total. The van der Waals surface area contributed by atoms with E-state index in [2.05, 4.69) is 4.98 Å². The molecule has 0 amide bonds. The van der Waals surface area contributed by atoms with Crippen LogP contribution in [-0.2, 0) is 0 Å². The van der Waals surface area contributed by atoms with Gasteiger partial charge >= 0.3 is 0 Å². The number of hydrogen-bond donors (Lipinski definition) is 0. The number of nitrogens with zero attached hydrogens (tertiary/aromatic N) is 1. The van der Waals surface area contributed by atoms with Gasteiger partial charge in [0.05, 0.1) is 0 Å². The number of carbonyl (C=O) groups excluding carboxylic acids is 1. The minimum absolute atomic E-state index is 0.0775. The van der Waals surface area contributed by atoms with Gasteiger partial charge in [-0.25, -0.2) is 4.39 Å². The average Bonchev–Trinajstić information content (AvgIpc) is 2.31. The normalized spacial score (nSPS) is 10.3. The summed E-state index contributed by atoms with van der Waals surface area (Å²) in [5.74, 6) is -0.424. The van der Waals surface area contributed by atoms with Gasteiger partial charge in [0, 0.05) is 28.6 Å². The maximum atomic E-state index is 13.7. The number of pyridine rings is 1. The SMILES string of the molecule is CC(=O)c1ccc(F)c(-c2ccc(C)nc2)c1. The number of Topliss-reactive ketones (excluding diaryl/α,β-unsaturated/α-hetero) is 1. The molecule has 0 aliphatic heterocycles. The van der Waals surface area contributed by atoms with Crippen molar-refractivity contribution in [3.8, 4) is 11.1 Å². The molecule has 0 fully saturated rings. The first-order valence-electron chi connectivity index (χ1n) is 5.31. The second-order valence-corrected chi connectivity index (χ2v) is 3.94. The van der Waals surface area contributed by atoms with Crippen LogP contribution in [0.2, 0.25) is 0 Å². The number of aromatic nitrogens is 1. The van der Waals surface area contributed by atoms with Gasteiger partial charge < -0.3 is 0 Å². The summed E-state index contributed by atoms with van der Waals surface area (Å²) < 4.78 is 13.7. The number of hydrogen-bond acceptors (Lipinski definition) is 2. The zero-order chi connectivity index (χ0) is 12.4. The van der Waals surface area contributed by atoms with Gasteiger partial charge in [0.25, 0.3) is 0 Å². The molecule has 0 atom stereocenters. The second-order valence-electron chi connectivity index (χ2n) is 3.94. The largest absolute Gasteiger partial charge is 0.295 e. The van der Waals surface area contributed by atoms with E-state index in [4.69, 9.17) is 0 Å². The van der Waals surface area contributed by atoms with Gasteiger partial charge in [-0.2, -0.15) is 0 Å². The molecular formula is C14H12FNO. The van der Waals surface area contributed by atoms with E-state index >= 15 is 0 Å². The number of halogens is 1. The van der Waals surface area contributed by atoms with Gasteiger partial charge in [-0.3, -0.25) is 9.78 Å². The van der Waals surface area contributed by atoms with E-state index in [0.29, 0.717) is 16.7 Å². The highest BCUT2D eigenvalue weighted by molar-refractivity contribution is 5.95. The van der Waals surface area contributed by atoms with Gasteiger partial charge in [0.1, 0.15) is 5.82 Å². The van der Waals surface area contributed by atoms with E-state index < -0.39 is 0 Å². The lowest BCUT2D eigenvalue weighted by Gasteiger charge is -2.05. The molecule has 0 N–H and O–H groups in total. The minimum atomic E-state index is -0.347. The number of rotatable bonds is 2. The Kier molecular flexibility index (Phi) is 3.00. The summed E-state index contributed by atoms with van der Waals surface area (Å²) in [6.07, 6.45) is 1.61. The summed E-state index contributed by atoms with van der Waals surface area (Å²) in [4.78, 5) is 15.4. The summed E-state index contributed by atoms with van der Waals surface area (Å²) >= 11 is 0. The summed E-state index contributed by atoms with van der Waals surface area (Å²) in [6, 6.07) is 7.97. The summed E-state index contributed by atoms with van der Waals surface area (Å²) in [5.41, 5.74) is 2.46. The molecule has 86 valence electrons. The van der Waals surface area contributed by atoms with Crippen LogP contribution in [0, 0.1) is 12.7 Å². The highest BCUT2D eigenvalue weighted by Gasteiger charge is 2.08. The van der Waals surface area contributed by atoms with E-state index in [0.717, 1.165) is 5.69 Å². The molecule has 0 saturated heterocycles. The van der Waals surface area contributed by atoms with E-state index in [1.165, 1.54) is 19.1 Å². The Morgan fingerprint density at radius 3 is 2.59 bits per heavy atom. The molecule has 0 aliphatic carbocycles. The Morgan fingerprint density at radius 1 is 1.24 bits per heavy atom. The molecule has 0 unspecified atom stereocenters. The van der Waals surface area contributed by atoms with E-state index in [9.17, 15) is 9.18 Å². The average molecular weight is 229 g/mol. The summed E-state index contributed by atoms with van der Waals surface area (Å²) in [6.45, 7) is 3.33. The Morgan fingerprint density at radius 2 is 2.00 bits per heavy atom. The van der Waals surface area contributed by atoms with Gasteiger partial charge in [-0.05, 0) is 38.1 Å². The zero-order valence-electron chi connectivity index (χ0n) is 9.70. The van der Waals surface area contributed by atoms with Crippen LogP contribution in [0.1, 0.15) is 23.0 Å². The maximum Gasteiger partial charge on any atom is 0.159 e. The quantitative estimate of drug-likeness (QED) is 0.739. The van der Waals surface area contributed by atoms with Gasteiger partial charge in [0.2, 0.25) is 0 Å². The van der Waals surface area contributed by atoms with Crippen LogP contribution >= 0.6 is 0 Å². The lowest BCUT2D eigenvalue weighted by atomic mass is 10.0. The molecule has 0 aliphatic rings. The molecule has 0 saturated carbocycles. The third-order valence-corrected chi connectivity index (χ3v) is 2.60. The molecule has 0 spiro atoms. The molecule has 1 aromatic heterocycles. The topological polar surface area (TPSA) is 30.0 Å². The van der Waals surface area contributed by atoms with E-state index in [1.807, 2.05) is 13.0 Å². The highest BCUT2D eigenvalue weighted by atomic mass is 19.1. The van der Waals surface area contributed by atoms with Crippen LogP contribution < -0.4 is 0 Å². The first-order chi connectivity index (χ1) is 8.08. The fourth-order valence-electron chi connectivity index (χ4n) is 1.59. The van der Waals surface area contributed by atoms with Crippen molar-refractivity contribution >= 4 is 5.78 Å². The molecular weight excluding hydrogens is 217 g/mol. The van der Waals surface area contributed by atoms with Gasteiger partial charge in [0.15, 0.2) is 5.78 Å². The summed E-state index contributed by atoms with van der Waals surface area (Å²) in [5, 5.41) is 0. The maximum absolute atomic E-state index is 13.7. The van der Waals surface area contributed by atoms with Crippen molar-refractivity contribution in [1.82, 2.24) is 4.98 Å². The van der Waals surface area contributed by atoms with E-state index in [1.54, 1.807) is 18.3 Å². The molecule has 1 heterocycles. The molecule has 17 heavy (non-hydrogen) atoms. The van der Waals surface area contributed by atoms with Gasteiger partial charge in [-0.15, -0.1) is 0 Å². The molecule has 2 aromatic rings. The Bertz CT molecular complexity index is 561. The van der Waals surface area contributed by atoms with Crippen molar-refractivity contribution < 1.29 is 9.18 Å². The number of carbonyl (C=O) groups is 1. The predicted molar refractivity (Wildman–Crippen MR) is 64.4 cm³/mol. The predicted octanol–water partition coefficient (Wildman–Crippen LogP) is 3.40. The first kappa shape index (κ1) is 11.5. The van der Waals surface area contributed by atoms with Crippen molar-refractivity contribution in [1.29, 1.82) is 0 Å². The Labute approximate surface area is 99.1 Å². The number of aryl methyl sites for hydroxylation is 1. The standard InChI is InChI=1S/C14H12FNO/c1-9-3-4-12(8-16-9)13-7-11(10(2)17)5-6-14(13)15/h3-8H,1-2H3. The lowest BCUT2D eigenvalue weighted by Crippen LogP contribution is -1.95. The number of benzene rings is 1. The first-order valence-corrected chi connectivity index (χ1v) is 5.31. The van der Waals surface area contributed by atoms with Gasteiger partial charge in [-0.1, -0.05) is 6.07 Å². The van der Waals surface area contributed by atoms with Crippen molar-refractivity contribution in [3.05, 3.63) is 53.6 Å². The van der Waals surface area contributed by atoms with Crippen LogP contribution in [0.3, 0.4) is 0 Å². The van der Waals surface area contributed by atoms with Crippen LogP contribution in [0.15, 0.2) is 36.5 Å². The molecule has 0 radical (unpaired) electrons. The summed E-state index contributed by atoms with van der Waals surface area (Å²) in [7, 11) is 0. The van der Waals surface area contributed by atoms with Crippen molar-refractivity contribution in [3.63, 3.8) is 0 Å². The second kappa shape index (κ2) is 4.45. The van der Waals surface area contributed by atoms with Crippen LogP contribution in [0.25, 0.3) is 11.1 Å². The zero-order valence-corrected chi connectivity index (χ0v) is 9.70. The van der Waals surface area contributed by atoms with Crippen molar-refractivity contribution in [2.45, 2.75) is 13.8 Å². The number of ketones is 1. The Balaban J connectivity index is 2.54. The fourth-order valence-corrected chi connectivity index (χ4v) is 1.59. The van der Waals surface area contributed by atoms with Crippen LogP contribution in [0.4, 0.5) is 4.39 Å². The monoisotopic (exact) mass is 229 g/mol. The third kappa shape index (κ3) is 2.38. The third-order valence-electron chi connectivity index (χ3n) is 2.60. The molecule has 0 bridgehead atoms. The smallest absolute Gasteiger partial charge is 0.159 e.